The highest BCUT2D eigenvalue weighted by atomic mass is 19.4. The Morgan fingerprint density at radius 2 is 2.03 bits per heavy atom. The Hall–Kier alpha value is -3.54. The summed E-state index contributed by atoms with van der Waals surface area (Å²) in [6, 6.07) is 1.72. The Labute approximate surface area is 173 Å². The van der Waals surface area contributed by atoms with Gasteiger partial charge < -0.3 is 9.64 Å². The first-order chi connectivity index (χ1) is 14.9. The fraction of sp³-hybridized carbons (Fsp3) is 0.316. The van der Waals surface area contributed by atoms with E-state index < -0.39 is 11.9 Å². The molecule has 0 spiro atoms. The third-order valence-electron chi connectivity index (χ3n) is 5.26. The maximum Gasteiger partial charge on any atom is 0.434 e. The number of aromatic nitrogens is 7. The average Bonchev–Trinajstić information content (AvgIpc) is 3.43. The number of ether oxygens (including phenoxy) is 1. The van der Waals surface area contributed by atoms with Crippen molar-refractivity contribution >= 4 is 11.5 Å². The quantitative estimate of drug-likeness (QED) is 0.534. The number of alkyl halides is 3. The maximum absolute atomic E-state index is 13.1. The van der Waals surface area contributed by atoms with Crippen molar-refractivity contribution in [3.05, 3.63) is 54.5 Å². The second kappa shape index (κ2) is 7.30. The molecule has 1 N–H and O–H groups in total. The predicted molar refractivity (Wildman–Crippen MR) is 103 cm³/mol. The lowest BCUT2D eigenvalue weighted by atomic mass is 10.0. The van der Waals surface area contributed by atoms with Crippen LogP contribution in [0.5, 0.6) is 0 Å². The third kappa shape index (κ3) is 3.48. The van der Waals surface area contributed by atoms with Gasteiger partial charge in [0.25, 0.3) is 0 Å². The number of imidazole rings is 1. The van der Waals surface area contributed by atoms with Crippen molar-refractivity contribution in [3.8, 4) is 11.5 Å². The van der Waals surface area contributed by atoms with Gasteiger partial charge in [-0.1, -0.05) is 0 Å². The summed E-state index contributed by atoms with van der Waals surface area (Å²) in [7, 11) is 0. The summed E-state index contributed by atoms with van der Waals surface area (Å²) in [4.78, 5) is 18.5. The molecule has 5 heterocycles. The van der Waals surface area contributed by atoms with Gasteiger partial charge in [0, 0.05) is 30.7 Å². The second-order valence-electron chi connectivity index (χ2n) is 7.14. The highest BCUT2D eigenvalue weighted by molar-refractivity contribution is 5.58. The van der Waals surface area contributed by atoms with E-state index in [0.29, 0.717) is 24.7 Å². The molecular formula is C19H17F3N8O. The number of anilines is 1. The van der Waals surface area contributed by atoms with Gasteiger partial charge in [-0.3, -0.25) is 9.50 Å². The summed E-state index contributed by atoms with van der Waals surface area (Å²) in [5.41, 5.74) is 0.536. The SMILES string of the molecule is C[C@H]1[C@@H](c2cn[nH]c2)OCCN1c1ccnc(-c2cnc3cnc(C(F)(F)F)cn23)n1. The Kier molecular flexibility index (Phi) is 4.58. The fourth-order valence-corrected chi connectivity index (χ4v) is 3.73. The van der Waals surface area contributed by atoms with E-state index in [-0.39, 0.29) is 23.6 Å². The lowest BCUT2D eigenvalue weighted by molar-refractivity contribution is -0.141. The zero-order chi connectivity index (χ0) is 21.6. The Balaban J connectivity index is 1.51. The van der Waals surface area contributed by atoms with Crippen LogP contribution in [0.25, 0.3) is 17.2 Å². The van der Waals surface area contributed by atoms with Crippen LogP contribution in [0.4, 0.5) is 19.0 Å². The highest BCUT2D eigenvalue weighted by Crippen LogP contribution is 2.32. The van der Waals surface area contributed by atoms with Gasteiger partial charge in [0.05, 0.1) is 31.2 Å². The molecule has 12 heteroatoms. The summed E-state index contributed by atoms with van der Waals surface area (Å²) in [5, 5.41) is 6.78. The number of hydrogen-bond acceptors (Lipinski definition) is 7. The molecule has 1 saturated heterocycles. The number of hydrogen-bond donors (Lipinski definition) is 1. The summed E-state index contributed by atoms with van der Waals surface area (Å²) in [6.07, 6.45) is 3.76. The third-order valence-corrected chi connectivity index (χ3v) is 5.26. The van der Waals surface area contributed by atoms with Gasteiger partial charge in [0.1, 0.15) is 17.6 Å². The molecule has 5 rings (SSSR count). The van der Waals surface area contributed by atoms with Crippen LogP contribution in [0.15, 0.2) is 43.2 Å². The lowest BCUT2D eigenvalue weighted by Gasteiger charge is -2.39. The van der Waals surface area contributed by atoms with Crippen LogP contribution < -0.4 is 4.90 Å². The first-order valence-electron chi connectivity index (χ1n) is 9.52. The monoisotopic (exact) mass is 430 g/mol. The number of nitrogens with one attached hydrogen (secondary N) is 1. The molecule has 0 bridgehead atoms. The zero-order valence-electron chi connectivity index (χ0n) is 16.3. The van der Waals surface area contributed by atoms with Crippen molar-refractivity contribution in [2.45, 2.75) is 25.2 Å². The standard InChI is InChI=1S/C19H17F3N8O/c1-11-17(12-6-26-27-7-12)31-5-4-29(11)15-2-3-23-18(28-15)13-8-25-16-9-24-14(10-30(13)16)19(20,21)22/h2-3,6-11,17H,4-5H2,1H3,(H,26,27)/t11-,17-/m0/s1. The number of H-pyrrole nitrogens is 1. The van der Waals surface area contributed by atoms with Gasteiger partial charge in [-0.15, -0.1) is 0 Å². The molecule has 2 atom stereocenters. The minimum atomic E-state index is -4.57. The largest absolute Gasteiger partial charge is 0.434 e. The van der Waals surface area contributed by atoms with E-state index in [0.717, 1.165) is 18.0 Å². The molecule has 160 valence electrons. The molecule has 0 radical (unpaired) electrons. The number of rotatable bonds is 3. The predicted octanol–water partition coefficient (Wildman–Crippen LogP) is 2.89. The highest BCUT2D eigenvalue weighted by Gasteiger charge is 2.34. The summed E-state index contributed by atoms with van der Waals surface area (Å²) >= 11 is 0. The number of aromatic amines is 1. The molecule has 0 aliphatic carbocycles. The van der Waals surface area contributed by atoms with Crippen LogP contribution in [-0.4, -0.2) is 53.7 Å². The first kappa shape index (κ1) is 19.4. The van der Waals surface area contributed by atoms with Crippen molar-refractivity contribution in [3.63, 3.8) is 0 Å². The second-order valence-corrected chi connectivity index (χ2v) is 7.14. The maximum atomic E-state index is 13.1. The van der Waals surface area contributed by atoms with Crippen molar-refractivity contribution < 1.29 is 17.9 Å². The minimum Gasteiger partial charge on any atom is -0.369 e. The normalized spacial score (nSPS) is 19.8. The van der Waals surface area contributed by atoms with Gasteiger partial charge in [0.15, 0.2) is 17.2 Å². The van der Waals surface area contributed by atoms with Crippen LogP contribution >= 0.6 is 0 Å². The van der Waals surface area contributed by atoms with Crippen molar-refractivity contribution in [2.75, 3.05) is 18.1 Å². The van der Waals surface area contributed by atoms with Gasteiger partial charge in [-0.25, -0.2) is 19.9 Å². The molecule has 1 aliphatic rings. The van der Waals surface area contributed by atoms with Gasteiger partial charge >= 0.3 is 6.18 Å². The molecule has 31 heavy (non-hydrogen) atoms. The molecular weight excluding hydrogens is 413 g/mol. The topological polar surface area (TPSA) is 97.1 Å². The van der Waals surface area contributed by atoms with E-state index in [2.05, 4.69) is 35.0 Å². The molecule has 0 amide bonds. The summed E-state index contributed by atoms with van der Waals surface area (Å²) in [5.74, 6) is 0.914. The fourth-order valence-electron chi connectivity index (χ4n) is 3.73. The van der Waals surface area contributed by atoms with E-state index >= 15 is 0 Å². The molecule has 0 aromatic carbocycles. The van der Waals surface area contributed by atoms with E-state index in [1.54, 1.807) is 24.7 Å². The zero-order valence-corrected chi connectivity index (χ0v) is 16.3. The Bertz CT molecular complexity index is 1210. The van der Waals surface area contributed by atoms with Crippen LogP contribution in [0.2, 0.25) is 0 Å². The molecule has 0 unspecified atom stereocenters. The van der Waals surface area contributed by atoms with E-state index in [1.807, 2.05) is 6.92 Å². The number of morpholine rings is 1. The van der Waals surface area contributed by atoms with Crippen LogP contribution in [0.1, 0.15) is 24.3 Å². The van der Waals surface area contributed by atoms with E-state index in [9.17, 15) is 13.2 Å². The van der Waals surface area contributed by atoms with Crippen molar-refractivity contribution in [1.82, 2.24) is 34.5 Å². The molecule has 1 aliphatic heterocycles. The van der Waals surface area contributed by atoms with Crippen LogP contribution in [-0.2, 0) is 10.9 Å². The van der Waals surface area contributed by atoms with Crippen molar-refractivity contribution in [2.24, 2.45) is 0 Å². The summed E-state index contributed by atoms with van der Waals surface area (Å²) in [6.45, 7) is 3.13. The lowest BCUT2D eigenvalue weighted by Crippen LogP contribution is -2.46. The van der Waals surface area contributed by atoms with Gasteiger partial charge in [-0.05, 0) is 13.0 Å². The molecule has 1 fully saturated rings. The molecule has 9 nitrogen and oxygen atoms in total. The number of halogens is 3. The smallest absolute Gasteiger partial charge is 0.369 e. The van der Waals surface area contributed by atoms with Crippen molar-refractivity contribution in [1.29, 1.82) is 0 Å². The first-order valence-corrected chi connectivity index (χ1v) is 9.52. The van der Waals surface area contributed by atoms with Gasteiger partial charge in [-0.2, -0.15) is 18.3 Å². The Morgan fingerprint density at radius 3 is 2.81 bits per heavy atom. The minimum absolute atomic E-state index is 0.0442. The van der Waals surface area contributed by atoms with Gasteiger partial charge in [0.2, 0.25) is 0 Å². The van der Waals surface area contributed by atoms with Crippen LogP contribution in [0.3, 0.4) is 0 Å². The Morgan fingerprint density at radius 1 is 1.16 bits per heavy atom. The number of fused-ring (bicyclic) bond motifs is 1. The number of nitrogens with zero attached hydrogens (tertiary/aromatic N) is 7. The van der Waals surface area contributed by atoms with E-state index in [4.69, 9.17) is 4.74 Å². The molecule has 4 aromatic heterocycles. The molecule has 0 saturated carbocycles. The average molecular weight is 430 g/mol. The summed E-state index contributed by atoms with van der Waals surface area (Å²) < 4.78 is 46.5. The van der Waals surface area contributed by atoms with Crippen LogP contribution in [0, 0.1) is 0 Å². The van der Waals surface area contributed by atoms with E-state index in [1.165, 1.54) is 10.6 Å². The molecule has 4 aromatic rings.